The molecule has 0 aliphatic heterocycles. The number of hydrogen-bond donors (Lipinski definition) is 0. The largest absolute Gasteiger partial charge is 0.439 e. The highest BCUT2D eigenvalue weighted by atomic mass is 16.5. The molecule has 0 saturated carbocycles. The molecular formula is C47H37N3O. The molecular weight excluding hydrogens is 623 g/mol. The molecule has 2 aliphatic carbocycles. The minimum absolute atomic E-state index is 0.173. The van der Waals surface area contributed by atoms with E-state index in [1.54, 1.807) is 0 Å². The van der Waals surface area contributed by atoms with Crippen LogP contribution in [0.4, 0.5) is 0 Å². The number of fused-ring (bicyclic) bond motifs is 5. The summed E-state index contributed by atoms with van der Waals surface area (Å²) < 4.78 is 9.31. The zero-order chi connectivity index (χ0) is 34.1. The van der Waals surface area contributed by atoms with E-state index in [0.717, 1.165) is 64.8 Å². The number of nitrogens with zero attached hydrogens (tertiary/aromatic N) is 3. The van der Waals surface area contributed by atoms with Crippen LogP contribution in [-0.4, -0.2) is 14.5 Å². The first-order valence-corrected chi connectivity index (χ1v) is 17.9. The van der Waals surface area contributed by atoms with Crippen LogP contribution in [-0.2, 0) is 25.7 Å². The van der Waals surface area contributed by atoms with Crippen molar-refractivity contribution in [1.29, 1.82) is 0 Å². The maximum atomic E-state index is 7.12. The third-order valence-corrected chi connectivity index (χ3v) is 11.2. The van der Waals surface area contributed by atoms with Gasteiger partial charge in [0.15, 0.2) is 0 Å². The Morgan fingerprint density at radius 3 is 2.10 bits per heavy atom. The number of para-hydroxylation sites is 1. The molecule has 0 saturated heterocycles. The van der Waals surface area contributed by atoms with Gasteiger partial charge in [-0.3, -0.25) is 4.57 Å². The van der Waals surface area contributed by atoms with Gasteiger partial charge in [0.1, 0.15) is 17.2 Å². The monoisotopic (exact) mass is 659 g/mol. The lowest BCUT2D eigenvalue weighted by Crippen LogP contribution is -2.21. The molecule has 3 heterocycles. The highest BCUT2D eigenvalue weighted by molar-refractivity contribution is 6.07. The summed E-state index contributed by atoms with van der Waals surface area (Å²) in [6.45, 7) is 4.36. The Morgan fingerprint density at radius 2 is 1.29 bits per heavy atom. The Hall–Kier alpha value is -6.00. The van der Waals surface area contributed by atoms with Crippen molar-refractivity contribution in [3.05, 3.63) is 173 Å². The normalized spacial score (nSPS) is 14.3. The first kappa shape index (κ1) is 29.9. The third kappa shape index (κ3) is 4.97. The van der Waals surface area contributed by atoms with Crippen molar-refractivity contribution < 1.29 is 4.74 Å². The van der Waals surface area contributed by atoms with Crippen LogP contribution in [0.25, 0.3) is 50.0 Å². The van der Waals surface area contributed by atoms with Gasteiger partial charge in [-0.15, -0.1) is 0 Å². The summed E-state index contributed by atoms with van der Waals surface area (Å²) in [4.78, 5) is 10.2. The zero-order valence-corrected chi connectivity index (χ0v) is 28.9. The molecule has 1 spiro atoms. The van der Waals surface area contributed by atoms with Crippen LogP contribution < -0.4 is 4.74 Å². The second-order valence-corrected chi connectivity index (χ2v) is 14.6. The number of hydrogen-bond acceptors (Lipinski definition) is 3. The number of benzene rings is 5. The summed E-state index contributed by atoms with van der Waals surface area (Å²) in [5.74, 6) is 2.26. The van der Waals surface area contributed by atoms with Crippen LogP contribution in [0.5, 0.6) is 11.6 Å². The fourth-order valence-corrected chi connectivity index (χ4v) is 9.03. The highest BCUT2D eigenvalue weighted by Crippen LogP contribution is 2.51. The van der Waals surface area contributed by atoms with E-state index in [1.807, 2.05) is 12.3 Å². The van der Waals surface area contributed by atoms with Gasteiger partial charge in [0, 0.05) is 23.0 Å². The Morgan fingerprint density at radius 1 is 0.588 bits per heavy atom. The van der Waals surface area contributed by atoms with E-state index in [9.17, 15) is 0 Å². The third-order valence-electron chi connectivity index (χ3n) is 11.2. The van der Waals surface area contributed by atoms with Crippen molar-refractivity contribution in [2.45, 2.75) is 39.5 Å². The lowest BCUT2D eigenvalue weighted by molar-refractivity contribution is 0.324. The van der Waals surface area contributed by atoms with Gasteiger partial charge in [-0.25, -0.2) is 4.98 Å². The molecule has 8 aromatic rings. The average molecular weight is 660 g/mol. The van der Waals surface area contributed by atoms with Gasteiger partial charge in [-0.2, -0.15) is 4.98 Å². The van der Waals surface area contributed by atoms with E-state index >= 15 is 0 Å². The van der Waals surface area contributed by atoms with Crippen LogP contribution in [0.3, 0.4) is 0 Å². The van der Waals surface area contributed by atoms with Crippen molar-refractivity contribution >= 4 is 21.9 Å². The van der Waals surface area contributed by atoms with Gasteiger partial charge in [-0.05, 0) is 131 Å². The first-order valence-electron chi connectivity index (χ1n) is 17.9. The Balaban J connectivity index is 1.16. The quantitative estimate of drug-likeness (QED) is 0.185. The topological polar surface area (TPSA) is 39.9 Å². The lowest BCUT2D eigenvalue weighted by Gasteiger charge is -2.22. The predicted molar refractivity (Wildman–Crippen MR) is 207 cm³/mol. The van der Waals surface area contributed by atoms with E-state index in [2.05, 4.69) is 146 Å². The van der Waals surface area contributed by atoms with Crippen molar-refractivity contribution in [2.75, 3.05) is 0 Å². The molecule has 0 radical (unpaired) electrons. The number of rotatable bonds is 5. The van der Waals surface area contributed by atoms with Crippen molar-refractivity contribution in [3.8, 4) is 39.7 Å². The van der Waals surface area contributed by atoms with Gasteiger partial charge >= 0.3 is 0 Å². The molecule has 0 bridgehead atoms. The van der Waals surface area contributed by atoms with E-state index in [1.165, 1.54) is 50.1 Å². The summed E-state index contributed by atoms with van der Waals surface area (Å²) in [6.07, 6.45) is 6.09. The number of ether oxygens (including phenoxy) is 1. The molecule has 3 aromatic heterocycles. The summed E-state index contributed by atoms with van der Waals surface area (Å²) >= 11 is 0. The molecule has 2 aliphatic rings. The number of pyridine rings is 2. The van der Waals surface area contributed by atoms with Gasteiger partial charge < -0.3 is 4.74 Å². The molecule has 5 aromatic carbocycles. The maximum Gasteiger partial charge on any atom is 0.221 e. The van der Waals surface area contributed by atoms with Crippen molar-refractivity contribution in [2.24, 2.45) is 5.41 Å². The Labute approximate surface area is 298 Å². The highest BCUT2D eigenvalue weighted by Gasteiger charge is 2.43. The van der Waals surface area contributed by atoms with E-state index < -0.39 is 0 Å². The van der Waals surface area contributed by atoms with E-state index in [0.29, 0.717) is 5.88 Å². The molecule has 246 valence electrons. The van der Waals surface area contributed by atoms with Gasteiger partial charge in [-0.1, -0.05) is 97.1 Å². The van der Waals surface area contributed by atoms with Crippen LogP contribution in [0.15, 0.2) is 140 Å². The molecule has 4 heteroatoms. The summed E-state index contributed by atoms with van der Waals surface area (Å²) in [5, 5.41) is 2.25. The van der Waals surface area contributed by atoms with Gasteiger partial charge in [0.2, 0.25) is 5.88 Å². The minimum atomic E-state index is 0.173. The Kier molecular flexibility index (Phi) is 6.75. The molecule has 0 unspecified atom stereocenters. The average Bonchev–Trinajstić information content (AvgIpc) is 3.81. The molecule has 0 amide bonds. The van der Waals surface area contributed by atoms with Gasteiger partial charge in [0.05, 0.1) is 5.52 Å². The van der Waals surface area contributed by atoms with E-state index in [-0.39, 0.29) is 5.41 Å². The second kappa shape index (κ2) is 11.5. The number of aromatic nitrogens is 3. The van der Waals surface area contributed by atoms with Crippen LogP contribution in [0.1, 0.15) is 33.4 Å². The molecule has 0 atom stereocenters. The molecule has 0 N–H and O–H groups in total. The second-order valence-electron chi connectivity index (χ2n) is 14.6. The molecule has 51 heavy (non-hydrogen) atoms. The van der Waals surface area contributed by atoms with Crippen molar-refractivity contribution in [3.63, 3.8) is 0 Å². The molecule has 0 fully saturated rings. The fraction of sp³-hybridized carbons (Fsp3) is 0.149. The molecule has 10 rings (SSSR count). The first-order chi connectivity index (χ1) is 25.0. The standard InChI is InChI=1S/C47H37N3O/c1-30-12-10-13-31(2)45(30)36-24-43(50-41-20-9-8-18-38(41)39-19-11-21-48-46(39)50)49-44(25-36)51-42-23-35(32-14-4-3-5-15-32)22-37-28-47(29-40(37)42)26-33-16-6-7-17-34(33)27-47/h3-25H,26-29H2,1-2H3. The molecule has 4 nitrogen and oxygen atoms in total. The minimum Gasteiger partial charge on any atom is -0.439 e. The lowest BCUT2D eigenvalue weighted by atomic mass is 9.82. The van der Waals surface area contributed by atoms with E-state index in [4.69, 9.17) is 14.7 Å². The predicted octanol–water partition coefficient (Wildman–Crippen LogP) is 11.2. The zero-order valence-electron chi connectivity index (χ0n) is 28.9. The number of aryl methyl sites for hydroxylation is 2. The van der Waals surface area contributed by atoms with Crippen LogP contribution in [0.2, 0.25) is 0 Å². The van der Waals surface area contributed by atoms with Crippen LogP contribution in [0, 0.1) is 19.3 Å². The maximum absolute atomic E-state index is 7.12. The fourth-order valence-electron chi connectivity index (χ4n) is 9.03. The summed E-state index contributed by atoms with van der Waals surface area (Å²) in [6, 6.07) is 47.8. The Bertz CT molecular complexity index is 2550. The van der Waals surface area contributed by atoms with Crippen LogP contribution >= 0.6 is 0 Å². The smallest absolute Gasteiger partial charge is 0.221 e. The SMILES string of the molecule is Cc1cccc(C)c1-c1cc(Oc2cc(-c3ccccc3)cc3c2CC2(Cc4ccccc4C2)C3)nc(-n2c3ccccc3c3cccnc32)c1. The van der Waals surface area contributed by atoms with Crippen molar-refractivity contribution in [1.82, 2.24) is 14.5 Å². The summed E-state index contributed by atoms with van der Waals surface area (Å²) in [7, 11) is 0. The van der Waals surface area contributed by atoms with Gasteiger partial charge in [0.25, 0.3) is 0 Å². The summed E-state index contributed by atoms with van der Waals surface area (Å²) in [5.41, 5.74) is 14.9.